The molecule has 0 bridgehead atoms. The van der Waals surface area contributed by atoms with E-state index in [1.54, 1.807) is 6.07 Å². The number of rotatable bonds is 2. The van der Waals surface area contributed by atoms with Gasteiger partial charge in [0.2, 0.25) is 0 Å². The summed E-state index contributed by atoms with van der Waals surface area (Å²) in [4.78, 5) is 2.40. The fourth-order valence-corrected chi connectivity index (χ4v) is 2.81. The smallest absolute Gasteiger partial charge is 0.0429 e. The van der Waals surface area contributed by atoms with Gasteiger partial charge in [0, 0.05) is 30.3 Å². The third-order valence-corrected chi connectivity index (χ3v) is 3.51. The molecule has 0 spiro atoms. The average molecular weight is 259 g/mol. The fourth-order valence-electron chi connectivity index (χ4n) is 2.54. The molecule has 0 radical (unpaired) electrons. The number of nitrogens with zero attached hydrogens (tertiary/aromatic N) is 1. The lowest BCUT2D eigenvalue weighted by atomic mass is 10.1. The van der Waals surface area contributed by atoms with Gasteiger partial charge in [-0.2, -0.15) is 0 Å². The summed E-state index contributed by atoms with van der Waals surface area (Å²) >= 11 is 6.03. The quantitative estimate of drug-likeness (QED) is 0.836. The fraction of sp³-hybridized carbons (Fsp3) is 0.200. The van der Waals surface area contributed by atoms with E-state index in [1.165, 1.54) is 16.7 Å². The van der Waals surface area contributed by atoms with E-state index in [1.807, 2.05) is 12.1 Å². The van der Waals surface area contributed by atoms with Crippen molar-refractivity contribution in [2.24, 2.45) is 0 Å². The highest BCUT2D eigenvalue weighted by molar-refractivity contribution is 6.30. The summed E-state index contributed by atoms with van der Waals surface area (Å²) in [7, 11) is 0. The monoisotopic (exact) mass is 258 g/mol. The number of hydrogen-bond acceptors (Lipinski definition) is 2. The second kappa shape index (κ2) is 4.63. The van der Waals surface area contributed by atoms with Gasteiger partial charge < -0.3 is 5.73 Å². The zero-order chi connectivity index (χ0) is 12.5. The molecule has 3 rings (SSSR count). The van der Waals surface area contributed by atoms with Crippen LogP contribution in [0.1, 0.15) is 16.7 Å². The zero-order valence-electron chi connectivity index (χ0n) is 10.1. The lowest BCUT2D eigenvalue weighted by Gasteiger charge is -2.15. The second-order valence-electron chi connectivity index (χ2n) is 4.81. The van der Waals surface area contributed by atoms with Gasteiger partial charge in [-0.3, -0.25) is 4.90 Å². The molecular formula is C15H15ClN2. The highest BCUT2D eigenvalue weighted by Crippen LogP contribution is 2.25. The third kappa shape index (κ3) is 2.35. The van der Waals surface area contributed by atoms with Gasteiger partial charge >= 0.3 is 0 Å². The van der Waals surface area contributed by atoms with Crippen molar-refractivity contribution < 1.29 is 0 Å². The summed E-state index contributed by atoms with van der Waals surface area (Å²) in [6.07, 6.45) is 0. The first kappa shape index (κ1) is 11.6. The van der Waals surface area contributed by atoms with Crippen LogP contribution in [0.3, 0.4) is 0 Å². The van der Waals surface area contributed by atoms with E-state index in [-0.39, 0.29) is 0 Å². The number of nitrogen functional groups attached to an aromatic ring is 1. The predicted molar refractivity (Wildman–Crippen MR) is 75.3 cm³/mol. The average Bonchev–Trinajstić information content (AvgIpc) is 2.69. The third-order valence-electron chi connectivity index (χ3n) is 3.29. The molecule has 0 saturated heterocycles. The van der Waals surface area contributed by atoms with Crippen LogP contribution in [0.25, 0.3) is 0 Å². The van der Waals surface area contributed by atoms with Crippen molar-refractivity contribution in [2.75, 3.05) is 5.73 Å². The van der Waals surface area contributed by atoms with Crippen LogP contribution in [0.4, 0.5) is 5.69 Å². The topological polar surface area (TPSA) is 29.3 Å². The molecule has 3 heteroatoms. The van der Waals surface area contributed by atoms with E-state index >= 15 is 0 Å². The van der Waals surface area contributed by atoms with E-state index in [0.29, 0.717) is 5.02 Å². The van der Waals surface area contributed by atoms with Crippen LogP contribution in [-0.2, 0) is 19.6 Å². The Balaban J connectivity index is 1.76. The van der Waals surface area contributed by atoms with Crippen molar-refractivity contribution in [1.29, 1.82) is 0 Å². The van der Waals surface area contributed by atoms with Gasteiger partial charge in [-0.05, 0) is 34.9 Å². The minimum Gasteiger partial charge on any atom is -0.399 e. The van der Waals surface area contributed by atoms with Crippen molar-refractivity contribution in [3.05, 3.63) is 64.2 Å². The molecule has 92 valence electrons. The Hall–Kier alpha value is -1.51. The van der Waals surface area contributed by atoms with Crippen molar-refractivity contribution >= 4 is 17.3 Å². The number of benzene rings is 2. The molecule has 2 aromatic rings. The molecule has 1 heterocycles. The van der Waals surface area contributed by atoms with Gasteiger partial charge in [-0.1, -0.05) is 35.9 Å². The molecule has 1 aliphatic heterocycles. The van der Waals surface area contributed by atoms with Gasteiger partial charge in [-0.25, -0.2) is 0 Å². The van der Waals surface area contributed by atoms with E-state index in [0.717, 1.165) is 25.3 Å². The molecule has 18 heavy (non-hydrogen) atoms. The van der Waals surface area contributed by atoms with Crippen LogP contribution in [0.15, 0.2) is 42.5 Å². The summed E-state index contributed by atoms with van der Waals surface area (Å²) in [5, 5.41) is 0.710. The van der Waals surface area contributed by atoms with Gasteiger partial charge in [0.15, 0.2) is 0 Å². The summed E-state index contributed by atoms with van der Waals surface area (Å²) in [5.74, 6) is 0. The van der Waals surface area contributed by atoms with Gasteiger partial charge in [0.1, 0.15) is 0 Å². The first-order valence-electron chi connectivity index (χ1n) is 6.05. The van der Waals surface area contributed by atoms with Crippen molar-refractivity contribution in [3.8, 4) is 0 Å². The molecule has 0 fully saturated rings. The van der Waals surface area contributed by atoms with Gasteiger partial charge in [0.05, 0.1) is 0 Å². The van der Waals surface area contributed by atoms with Crippen molar-refractivity contribution in [1.82, 2.24) is 4.90 Å². The Kier molecular flexibility index (Phi) is 2.98. The molecule has 0 aromatic heterocycles. The molecule has 0 aliphatic carbocycles. The van der Waals surface area contributed by atoms with E-state index in [2.05, 4.69) is 29.2 Å². The first-order chi connectivity index (χ1) is 8.70. The summed E-state index contributed by atoms with van der Waals surface area (Å²) in [6, 6.07) is 14.3. The highest BCUT2D eigenvalue weighted by atomic mass is 35.5. The van der Waals surface area contributed by atoms with Crippen LogP contribution < -0.4 is 5.73 Å². The van der Waals surface area contributed by atoms with Crippen molar-refractivity contribution in [2.45, 2.75) is 19.6 Å². The maximum atomic E-state index is 6.03. The van der Waals surface area contributed by atoms with E-state index < -0.39 is 0 Å². The Morgan fingerprint density at radius 1 is 1.06 bits per heavy atom. The summed E-state index contributed by atoms with van der Waals surface area (Å²) in [6.45, 7) is 2.89. The number of halogens is 1. The number of hydrogen-bond donors (Lipinski definition) is 1. The minimum absolute atomic E-state index is 0.710. The normalized spacial score (nSPS) is 14.7. The lowest BCUT2D eigenvalue weighted by Crippen LogP contribution is -2.15. The van der Waals surface area contributed by atoms with Crippen molar-refractivity contribution in [3.63, 3.8) is 0 Å². The molecule has 2 aromatic carbocycles. The first-order valence-corrected chi connectivity index (χ1v) is 6.42. The SMILES string of the molecule is Nc1cc(Cl)cc(CN2Cc3ccccc3C2)c1. The maximum absolute atomic E-state index is 6.03. The molecule has 2 nitrogen and oxygen atoms in total. The van der Waals surface area contributed by atoms with Gasteiger partial charge in [-0.15, -0.1) is 0 Å². The summed E-state index contributed by atoms with van der Waals surface area (Å²) < 4.78 is 0. The molecule has 0 atom stereocenters. The summed E-state index contributed by atoms with van der Waals surface area (Å²) in [5.41, 5.74) is 10.6. The van der Waals surface area contributed by atoms with Gasteiger partial charge in [0.25, 0.3) is 0 Å². The Labute approximate surface area is 112 Å². The molecular weight excluding hydrogens is 244 g/mol. The molecule has 0 amide bonds. The number of nitrogens with two attached hydrogens (primary N) is 1. The van der Waals surface area contributed by atoms with Crippen LogP contribution >= 0.6 is 11.6 Å². The second-order valence-corrected chi connectivity index (χ2v) is 5.24. The number of anilines is 1. The molecule has 0 unspecified atom stereocenters. The Bertz CT molecular complexity index is 535. The highest BCUT2D eigenvalue weighted by Gasteiger charge is 2.18. The molecule has 1 aliphatic rings. The predicted octanol–water partition coefficient (Wildman–Crippen LogP) is 3.44. The molecule has 0 saturated carbocycles. The lowest BCUT2D eigenvalue weighted by molar-refractivity contribution is 0.275. The zero-order valence-corrected chi connectivity index (χ0v) is 10.8. The number of fused-ring (bicyclic) bond motifs is 1. The minimum atomic E-state index is 0.710. The van der Waals surface area contributed by atoms with Crippen LogP contribution in [0, 0.1) is 0 Å². The van der Waals surface area contributed by atoms with Crippen LogP contribution in [-0.4, -0.2) is 4.90 Å². The van der Waals surface area contributed by atoms with E-state index in [9.17, 15) is 0 Å². The van der Waals surface area contributed by atoms with Crippen LogP contribution in [0.2, 0.25) is 5.02 Å². The van der Waals surface area contributed by atoms with E-state index in [4.69, 9.17) is 17.3 Å². The maximum Gasteiger partial charge on any atom is 0.0429 e. The largest absolute Gasteiger partial charge is 0.399 e. The Morgan fingerprint density at radius 3 is 2.33 bits per heavy atom. The molecule has 2 N–H and O–H groups in total. The Morgan fingerprint density at radius 2 is 1.72 bits per heavy atom. The van der Waals surface area contributed by atoms with Crippen LogP contribution in [0.5, 0.6) is 0 Å². The standard InChI is InChI=1S/C15H15ClN2/c16-14-5-11(6-15(17)7-14)8-18-9-12-3-1-2-4-13(12)10-18/h1-7H,8-10,17H2.